The molecule has 0 saturated carbocycles. The van der Waals surface area contributed by atoms with Crippen molar-refractivity contribution in [1.29, 1.82) is 0 Å². The molecule has 0 aromatic heterocycles. The second-order valence-electron chi connectivity index (χ2n) is 5.35. The van der Waals surface area contributed by atoms with Gasteiger partial charge in [-0.05, 0) is 25.7 Å². The number of nitrogens with zero attached hydrogens (tertiary/aromatic N) is 1. The SMILES string of the molecule is CC1(OCC(=O)N2CCC(CO)CC2)CNC1. The third kappa shape index (κ3) is 3.18. The Balaban J connectivity index is 1.69. The van der Waals surface area contributed by atoms with Crippen molar-refractivity contribution in [2.45, 2.75) is 25.4 Å². The van der Waals surface area contributed by atoms with Gasteiger partial charge in [0.05, 0.1) is 5.60 Å². The van der Waals surface area contributed by atoms with Crippen molar-refractivity contribution >= 4 is 5.91 Å². The van der Waals surface area contributed by atoms with Crippen molar-refractivity contribution in [2.24, 2.45) is 5.92 Å². The topological polar surface area (TPSA) is 61.8 Å². The van der Waals surface area contributed by atoms with Gasteiger partial charge in [-0.15, -0.1) is 0 Å². The van der Waals surface area contributed by atoms with Crippen LogP contribution < -0.4 is 5.32 Å². The summed E-state index contributed by atoms with van der Waals surface area (Å²) in [6.07, 6.45) is 1.81. The van der Waals surface area contributed by atoms with Crippen molar-refractivity contribution in [3.63, 3.8) is 0 Å². The minimum Gasteiger partial charge on any atom is -0.396 e. The van der Waals surface area contributed by atoms with Gasteiger partial charge < -0.3 is 20.1 Å². The number of aliphatic hydroxyl groups is 1. The minimum absolute atomic E-state index is 0.0783. The number of nitrogens with one attached hydrogen (secondary N) is 1. The highest BCUT2D eigenvalue weighted by atomic mass is 16.5. The van der Waals surface area contributed by atoms with Crippen LogP contribution in [0.4, 0.5) is 0 Å². The molecule has 0 bridgehead atoms. The van der Waals surface area contributed by atoms with Crippen LogP contribution in [0.2, 0.25) is 0 Å². The van der Waals surface area contributed by atoms with Gasteiger partial charge >= 0.3 is 0 Å². The third-order valence-corrected chi connectivity index (χ3v) is 3.77. The molecule has 98 valence electrons. The van der Waals surface area contributed by atoms with Crippen LogP contribution in [-0.2, 0) is 9.53 Å². The first-order valence-electron chi connectivity index (χ1n) is 6.36. The molecule has 2 saturated heterocycles. The molecule has 5 nitrogen and oxygen atoms in total. The molecule has 5 heteroatoms. The number of carbonyl (C=O) groups is 1. The molecule has 0 aromatic rings. The van der Waals surface area contributed by atoms with Gasteiger partial charge in [0.2, 0.25) is 5.91 Å². The fourth-order valence-corrected chi connectivity index (χ4v) is 2.27. The fourth-order valence-electron chi connectivity index (χ4n) is 2.27. The minimum atomic E-state index is -0.154. The quantitative estimate of drug-likeness (QED) is 0.704. The molecule has 2 aliphatic heterocycles. The number of hydrogen-bond acceptors (Lipinski definition) is 4. The molecule has 0 radical (unpaired) electrons. The van der Waals surface area contributed by atoms with Crippen LogP contribution in [0.25, 0.3) is 0 Å². The average molecular weight is 242 g/mol. The monoisotopic (exact) mass is 242 g/mol. The third-order valence-electron chi connectivity index (χ3n) is 3.77. The molecule has 2 aliphatic rings. The van der Waals surface area contributed by atoms with E-state index in [0.29, 0.717) is 5.92 Å². The van der Waals surface area contributed by atoms with Crippen molar-refractivity contribution < 1.29 is 14.6 Å². The Labute approximate surface area is 102 Å². The second-order valence-corrected chi connectivity index (χ2v) is 5.35. The maximum absolute atomic E-state index is 11.9. The van der Waals surface area contributed by atoms with Crippen LogP contribution in [0.15, 0.2) is 0 Å². The maximum Gasteiger partial charge on any atom is 0.248 e. The summed E-state index contributed by atoms with van der Waals surface area (Å²) < 4.78 is 5.63. The van der Waals surface area contributed by atoms with Gasteiger partial charge in [0.15, 0.2) is 0 Å². The molecule has 2 rings (SSSR count). The summed E-state index contributed by atoms with van der Waals surface area (Å²) >= 11 is 0. The molecule has 1 amide bonds. The molecule has 0 spiro atoms. The van der Waals surface area contributed by atoms with Crippen molar-refractivity contribution in [3.8, 4) is 0 Å². The Morgan fingerprint density at radius 1 is 1.47 bits per heavy atom. The smallest absolute Gasteiger partial charge is 0.248 e. The van der Waals surface area contributed by atoms with E-state index >= 15 is 0 Å². The molecule has 17 heavy (non-hydrogen) atoms. The largest absolute Gasteiger partial charge is 0.396 e. The van der Waals surface area contributed by atoms with E-state index in [1.807, 2.05) is 11.8 Å². The molecular formula is C12H22N2O3. The van der Waals surface area contributed by atoms with Gasteiger partial charge in [0.25, 0.3) is 0 Å². The van der Waals surface area contributed by atoms with E-state index in [4.69, 9.17) is 9.84 Å². The Morgan fingerprint density at radius 2 is 2.12 bits per heavy atom. The number of likely N-dealkylation sites (tertiary alicyclic amines) is 1. The van der Waals surface area contributed by atoms with E-state index in [1.165, 1.54) is 0 Å². The van der Waals surface area contributed by atoms with E-state index < -0.39 is 0 Å². The normalized spacial score (nSPS) is 24.5. The number of piperidine rings is 1. The lowest BCUT2D eigenvalue weighted by atomic mass is 9.98. The van der Waals surface area contributed by atoms with Gasteiger partial charge in [0.1, 0.15) is 6.61 Å². The Kier molecular flexibility index (Phi) is 4.01. The standard InChI is InChI=1S/C12H22N2O3/c1-12(8-13-9-12)17-7-11(16)14-4-2-10(6-15)3-5-14/h10,13,15H,2-9H2,1H3. The summed E-state index contributed by atoms with van der Waals surface area (Å²) in [6, 6.07) is 0. The maximum atomic E-state index is 11.9. The van der Waals surface area contributed by atoms with E-state index in [-0.39, 0.29) is 24.7 Å². The summed E-state index contributed by atoms with van der Waals surface area (Å²) in [5.41, 5.74) is -0.154. The predicted molar refractivity (Wildman–Crippen MR) is 63.6 cm³/mol. The molecule has 2 heterocycles. The summed E-state index contributed by atoms with van der Waals surface area (Å²) in [4.78, 5) is 13.7. The van der Waals surface area contributed by atoms with Crippen molar-refractivity contribution in [1.82, 2.24) is 10.2 Å². The van der Waals surface area contributed by atoms with E-state index in [1.54, 1.807) is 0 Å². The second kappa shape index (κ2) is 5.33. The molecule has 0 unspecified atom stereocenters. The lowest BCUT2D eigenvalue weighted by molar-refractivity contribution is -0.147. The van der Waals surface area contributed by atoms with Crippen molar-refractivity contribution in [3.05, 3.63) is 0 Å². The molecule has 2 N–H and O–H groups in total. The predicted octanol–water partition coefficient (Wildman–Crippen LogP) is -0.404. The zero-order valence-electron chi connectivity index (χ0n) is 10.4. The number of ether oxygens (including phenoxy) is 1. The van der Waals surface area contributed by atoms with Gasteiger partial charge in [-0.1, -0.05) is 0 Å². The number of rotatable bonds is 4. The Bertz CT molecular complexity index is 271. The zero-order chi connectivity index (χ0) is 12.3. The molecule has 2 fully saturated rings. The summed E-state index contributed by atoms with van der Waals surface area (Å²) in [5.74, 6) is 0.447. The summed E-state index contributed by atoms with van der Waals surface area (Å²) in [6.45, 7) is 5.60. The van der Waals surface area contributed by atoms with Crippen LogP contribution in [-0.4, -0.2) is 60.9 Å². The highest BCUT2D eigenvalue weighted by Gasteiger charge is 2.33. The lowest BCUT2D eigenvalue weighted by Crippen LogP contribution is -2.59. The average Bonchev–Trinajstić information content (AvgIpc) is 2.33. The first-order chi connectivity index (χ1) is 8.13. The summed E-state index contributed by atoms with van der Waals surface area (Å²) in [5, 5.41) is 12.2. The van der Waals surface area contributed by atoms with E-state index in [0.717, 1.165) is 39.0 Å². The number of aliphatic hydroxyl groups excluding tert-OH is 1. The van der Waals surface area contributed by atoms with Gasteiger partial charge in [-0.2, -0.15) is 0 Å². The fraction of sp³-hybridized carbons (Fsp3) is 0.917. The Morgan fingerprint density at radius 3 is 2.59 bits per heavy atom. The number of carbonyl (C=O) groups excluding carboxylic acids is 1. The Hall–Kier alpha value is -0.650. The van der Waals surface area contributed by atoms with Crippen LogP contribution in [0.5, 0.6) is 0 Å². The van der Waals surface area contributed by atoms with Crippen molar-refractivity contribution in [2.75, 3.05) is 39.4 Å². The number of amides is 1. The lowest BCUT2D eigenvalue weighted by Gasteiger charge is -2.39. The zero-order valence-corrected chi connectivity index (χ0v) is 10.4. The van der Waals surface area contributed by atoms with E-state index in [9.17, 15) is 4.79 Å². The number of hydrogen-bond donors (Lipinski definition) is 2. The van der Waals surface area contributed by atoms with E-state index in [2.05, 4.69) is 5.32 Å². The first-order valence-corrected chi connectivity index (χ1v) is 6.36. The molecule has 0 aliphatic carbocycles. The molecular weight excluding hydrogens is 220 g/mol. The summed E-state index contributed by atoms with van der Waals surface area (Å²) in [7, 11) is 0. The van der Waals surface area contributed by atoms with Gasteiger partial charge in [0, 0.05) is 32.8 Å². The first kappa shape index (κ1) is 12.8. The van der Waals surface area contributed by atoms with Crippen LogP contribution >= 0.6 is 0 Å². The van der Waals surface area contributed by atoms with Crippen LogP contribution in [0.3, 0.4) is 0 Å². The van der Waals surface area contributed by atoms with Crippen LogP contribution in [0.1, 0.15) is 19.8 Å². The molecule has 0 atom stereocenters. The molecule has 0 aromatic carbocycles. The highest BCUT2D eigenvalue weighted by Crippen LogP contribution is 2.18. The van der Waals surface area contributed by atoms with Gasteiger partial charge in [-0.25, -0.2) is 0 Å². The van der Waals surface area contributed by atoms with Gasteiger partial charge in [-0.3, -0.25) is 4.79 Å². The van der Waals surface area contributed by atoms with Crippen LogP contribution in [0, 0.1) is 5.92 Å². The highest BCUT2D eigenvalue weighted by molar-refractivity contribution is 5.77.